The Labute approximate surface area is 121 Å². The lowest BCUT2D eigenvalue weighted by atomic mass is 10.0. The molecule has 1 rings (SSSR count). The van der Waals surface area contributed by atoms with E-state index in [1.807, 2.05) is 0 Å². The minimum absolute atomic E-state index is 0.0778. The summed E-state index contributed by atoms with van der Waals surface area (Å²) >= 11 is 0. The van der Waals surface area contributed by atoms with Gasteiger partial charge in [0, 0.05) is 37.8 Å². The van der Waals surface area contributed by atoms with Crippen molar-refractivity contribution in [3.63, 3.8) is 0 Å². The fraction of sp³-hybridized carbons (Fsp3) is 0.857. The Hall–Kier alpha value is -1.30. The number of hydrogen-bond donors (Lipinski definition) is 2. The van der Waals surface area contributed by atoms with Gasteiger partial charge in [-0.2, -0.15) is 0 Å². The molecule has 1 unspecified atom stereocenters. The molecule has 20 heavy (non-hydrogen) atoms. The lowest BCUT2D eigenvalue weighted by Gasteiger charge is -2.39. The predicted molar refractivity (Wildman–Crippen MR) is 77.8 cm³/mol. The van der Waals surface area contributed by atoms with Crippen LogP contribution in [0.1, 0.15) is 40.5 Å². The minimum atomic E-state index is -0.906. The normalized spacial score (nSPS) is 18.7. The molecule has 0 aromatic rings. The first kappa shape index (κ1) is 16.8. The van der Waals surface area contributed by atoms with Crippen molar-refractivity contribution in [2.24, 2.45) is 0 Å². The number of carboxylic acid groups (broad SMARTS) is 1. The van der Waals surface area contributed by atoms with Crippen molar-refractivity contribution in [3.8, 4) is 0 Å². The van der Waals surface area contributed by atoms with Gasteiger partial charge in [-0.25, -0.2) is 4.79 Å². The maximum absolute atomic E-state index is 12.1. The van der Waals surface area contributed by atoms with E-state index in [9.17, 15) is 9.59 Å². The third kappa shape index (κ3) is 5.00. The number of rotatable bonds is 5. The molecule has 1 fully saturated rings. The predicted octanol–water partition coefficient (Wildman–Crippen LogP) is 1.37. The standard InChI is InChI=1S/C14H27N3O3/c1-5-11(2)16-6-8-17(9-7-16)13(20)15-14(3,4)10-12(18)19/h11H,5-10H2,1-4H3,(H,15,20)(H,18,19). The molecular weight excluding hydrogens is 258 g/mol. The zero-order valence-electron chi connectivity index (χ0n) is 13.0. The molecule has 0 spiro atoms. The van der Waals surface area contributed by atoms with Crippen LogP contribution in [0.15, 0.2) is 0 Å². The number of carboxylic acids is 1. The van der Waals surface area contributed by atoms with E-state index in [-0.39, 0.29) is 12.5 Å². The molecule has 1 heterocycles. The van der Waals surface area contributed by atoms with E-state index in [0.717, 1.165) is 19.5 Å². The van der Waals surface area contributed by atoms with E-state index < -0.39 is 11.5 Å². The smallest absolute Gasteiger partial charge is 0.317 e. The number of amides is 2. The number of carbonyl (C=O) groups excluding carboxylic acids is 1. The lowest BCUT2D eigenvalue weighted by Crippen LogP contribution is -2.57. The van der Waals surface area contributed by atoms with Gasteiger partial charge < -0.3 is 15.3 Å². The van der Waals surface area contributed by atoms with Gasteiger partial charge in [0.05, 0.1) is 6.42 Å². The summed E-state index contributed by atoms with van der Waals surface area (Å²) in [6, 6.07) is 0.378. The van der Waals surface area contributed by atoms with Crippen LogP contribution in [0.2, 0.25) is 0 Å². The van der Waals surface area contributed by atoms with E-state index in [2.05, 4.69) is 24.1 Å². The Morgan fingerprint density at radius 3 is 2.25 bits per heavy atom. The average Bonchev–Trinajstić information content (AvgIpc) is 2.35. The Bertz CT molecular complexity index is 350. The maximum Gasteiger partial charge on any atom is 0.317 e. The molecule has 0 aliphatic carbocycles. The molecule has 1 atom stereocenters. The van der Waals surface area contributed by atoms with E-state index in [4.69, 9.17) is 5.11 Å². The molecule has 0 aromatic heterocycles. The summed E-state index contributed by atoms with van der Waals surface area (Å²) in [7, 11) is 0. The second kappa shape index (κ2) is 6.92. The zero-order valence-corrected chi connectivity index (χ0v) is 13.0. The topological polar surface area (TPSA) is 72.9 Å². The highest BCUT2D eigenvalue weighted by molar-refractivity contribution is 5.76. The Kier molecular flexibility index (Phi) is 5.80. The molecular formula is C14H27N3O3. The molecule has 0 saturated carbocycles. The number of carbonyl (C=O) groups is 2. The highest BCUT2D eigenvalue weighted by atomic mass is 16.4. The van der Waals surface area contributed by atoms with E-state index in [1.54, 1.807) is 18.7 Å². The SMILES string of the molecule is CCC(C)N1CCN(C(=O)NC(C)(C)CC(=O)O)CC1. The number of nitrogens with one attached hydrogen (secondary N) is 1. The van der Waals surface area contributed by atoms with Crippen molar-refractivity contribution in [1.29, 1.82) is 0 Å². The van der Waals surface area contributed by atoms with Gasteiger partial charge in [-0.15, -0.1) is 0 Å². The van der Waals surface area contributed by atoms with Gasteiger partial charge in [0.1, 0.15) is 0 Å². The minimum Gasteiger partial charge on any atom is -0.481 e. The van der Waals surface area contributed by atoms with E-state index >= 15 is 0 Å². The van der Waals surface area contributed by atoms with Crippen LogP contribution in [-0.2, 0) is 4.79 Å². The second-order valence-electron chi connectivity index (χ2n) is 6.16. The van der Waals surface area contributed by atoms with Crippen LogP contribution in [0.3, 0.4) is 0 Å². The Balaban J connectivity index is 2.45. The molecule has 1 aliphatic heterocycles. The van der Waals surface area contributed by atoms with Crippen molar-refractivity contribution in [3.05, 3.63) is 0 Å². The van der Waals surface area contributed by atoms with Crippen LogP contribution in [0.25, 0.3) is 0 Å². The van der Waals surface area contributed by atoms with Crippen LogP contribution in [0.5, 0.6) is 0 Å². The van der Waals surface area contributed by atoms with Gasteiger partial charge in [-0.3, -0.25) is 9.69 Å². The largest absolute Gasteiger partial charge is 0.481 e. The fourth-order valence-corrected chi connectivity index (χ4v) is 2.41. The molecule has 0 aromatic carbocycles. The first-order valence-corrected chi connectivity index (χ1v) is 7.28. The maximum atomic E-state index is 12.1. The molecule has 1 aliphatic rings. The Morgan fingerprint density at radius 1 is 1.25 bits per heavy atom. The van der Waals surface area contributed by atoms with Gasteiger partial charge in [-0.05, 0) is 27.2 Å². The molecule has 116 valence electrons. The molecule has 6 nitrogen and oxygen atoms in total. The number of hydrogen-bond acceptors (Lipinski definition) is 3. The van der Waals surface area contributed by atoms with Gasteiger partial charge in [-0.1, -0.05) is 6.92 Å². The number of nitrogens with zero attached hydrogens (tertiary/aromatic N) is 2. The summed E-state index contributed by atoms with van der Waals surface area (Å²) in [5.41, 5.74) is -0.725. The van der Waals surface area contributed by atoms with Gasteiger partial charge in [0.25, 0.3) is 0 Å². The first-order valence-electron chi connectivity index (χ1n) is 7.28. The van der Waals surface area contributed by atoms with Crippen molar-refractivity contribution in [2.45, 2.75) is 52.1 Å². The van der Waals surface area contributed by atoms with Crippen LogP contribution in [0, 0.1) is 0 Å². The molecule has 6 heteroatoms. The Morgan fingerprint density at radius 2 is 1.80 bits per heavy atom. The summed E-state index contributed by atoms with van der Waals surface area (Å²) in [5, 5.41) is 11.6. The first-order chi connectivity index (χ1) is 9.25. The highest BCUT2D eigenvalue weighted by Crippen LogP contribution is 2.12. The van der Waals surface area contributed by atoms with Gasteiger partial charge >= 0.3 is 12.0 Å². The van der Waals surface area contributed by atoms with E-state index in [0.29, 0.717) is 19.1 Å². The third-order valence-electron chi connectivity index (χ3n) is 3.85. The molecule has 1 saturated heterocycles. The van der Waals surface area contributed by atoms with Crippen molar-refractivity contribution in [2.75, 3.05) is 26.2 Å². The molecule has 2 N–H and O–H groups in total. The van der Waals surface area contributed by atoms with Gasteiger partial charge in [0.2, 0.25) is 0 Å². The molecule has 0 bridgehead atoms. The summed E-state index contributed by atoms with van der Waals surface area (Å²) in [4.78, 5) is 27.0. The van der Waals surface area contributed by atoms with Crippen LogP contribution >= 0.6 is 0 Å². The van der Waals surface area contributed by atoms with Crippen molar-refractivity contribution in [1.82, 2.24) is 15.1 Å². The zero-order chi connectivity index (χ0) is 15.3. The lowest BCUT2D eigenvalue weighted by molar-refractivity contribution is -0.138. The van der Waals surface area contributed by atoms with Crippen molar-refractivity contribution < 1.29 is 14.7 Å². The number of aliphatic carboxylic acids is 1. The quantitative estimate of drug-likeness (QED) is 0.800. The number of urea groups is 1. The van der Waals surface area contributed by atoms with Crippen LogP contribution < -0.4 is 5.32 Å². The average molecular weight is 285 g/mol. The summed E-state index contributed by atoms with van der Waals surface area (Å²) in [6.07, 6.45) is 1.03. The fourth-order valence-electron chi connectivity index (χ4n) is 2.41. The summed E-state index contributed by atoms with van der Waals surface area (Å²) in [6.45, 7) is 11.0. The summed E-state index contributed by atoms with van der Waals surface area (Å²) in [5.74, 6) is -0.906. The van der Waals surface area contributed by atoms with Crippen molar-refractivity contribution >= 4 is 12.0 Å². The highest BCUT2D eigenvalue weighted by Gasteiger charge is 2.28. The molecule has 0 radical (unpaired) electrons. The number of piperazine rings is 1. The van der Waals surface area contributed by atoms with Crippen LogP contribution in [0.4, 0.5) is 4.79 Å². The molecule has 2 amide bonds. The van der Waals surface area contributed by atoms with E-state index in [1.165, 1.54) is 0 Å². The monoisotopic (exact) mass is 285 g/mol. The second-order valence-corrected chi connectivity index (χ2v) is 6.16. The van der Waals surface area contributed by atoms with Gasteiger partial charge in [0.15, 0.2) is 0 Å². The third-order valence-corrected chi connectivity index (χ3v) is 3.85. The summed E-state index contributed by atoms with van der Waals surface area (Å²) < 4.78 is 0. The van der Waals surface area contributed by atoms with Crippen LogP contribution in [-0.4, -0.2) is 64.7 Å².